The molecule has 0 spiro atoms. The highest BCUT2D eigenvalue weighted by Crippen LogP contribution is 2.24. The molecule has 2 rings (SSSR count). The molecule has 0 aliphatic heterocycles. The van der Waals surface area contributed by atoms with Gasteiger partial charge in [-0.2, -0.15) is 5.26 Å². The fourth-order valence-corrected chi connectivity index (χ4v) is 2.35. The van der Waals surface area contributed by atoms with Crippen LogP contribution in [0, 0.1) is 11.3 Å². The van der Waals surface area contributed by atoms with Crippen molar-refractivity contribution in [2.75, 3.05) is 5.32 Å². The molecule has 2 aromatic rings. The molecule has 20 heavy (non-hydrogen) atoms. The molecule has 0 saturated heterocycles. The third-order valence-electron chi connectivity index (χ3n) is 2.52. The van der Waals surface area contributed by atoms with Gasteiger partial charge in [-0.05, 0) is 52.3 Å². The number of hydrogen-bond donors (Lipinski definition) is 1. The molecule has 6 heteroatoms. The predicted molar refractivity (Wildman–Crippen MR) is 83.3 cm³/mol. The third-order valence-corrected chi connectivity index (χ3v) is 3.68. The molecule has 0 aliphatic carbocycles. The Bertz CT molecular complexity index is 726. The minimum atomic E-state index is -0.377. The second-order valence-electron chi connectivity index (χ2n) is 3.88. The Balaban J connectivity index is 2.35. The fourth-order valence-electron chi connectivity index (χ4n) is 1.58. The van der Waals surface area contributed by atoms with Gasteiger partial charge in [0, 0.05) is 14.5 Å². The lowest BCUT2D eigenvalue weighted by Gasteiger charge is -2.09. The van der Waals surface area contributed by atoms with E-state index in [1.165, 1.54) is 12.1 Å². The van der Waals surface area contributed by atoms with Gasteiger partial charge in [-0.15, -0.1) is 0 Å². The zero-order chi connectivity index (χ0) is 14.7. The first-order valence-corrected chi connectivity index (χ1v) is 7.02. The van der Waals surface area contributed by atoms with Gasteiger partial charge in [0.15, 0.2) is 0 Å². The van der Waals surface area contributed by atoms with Crippen LogP contribution < -0.4 is 5.32 Å². The summed E-state index contributed by atoms with van der Waals surface area (Å²) in [6, 6.07) is 11.5. The number of hydrogen-bond acceptors (Lipinski definition) is 2. The Kier molecular flexibility index (Phi) is 4.66. The number of nitrogens with zero attached hydrogens (tertiary/aromatic N) is 1. The van der Waals surface area contributed by atoms with Gasteiger partial charge in [0.1, 0.15) is 6.07 Å². The van der Waals surface area contributed by atoms with Crippen LogP contribution in [0.15, 0.2) is 40.9 Å². The topological polar surface area (TPSA) is 52.9 Å². The molecule has 0 fully saturated rings. The number of nitriles is 1. The number of nitrogens with one attached hydrogen (secondary N) is 1. The first kappa shape index (κ1) is 14.9. The first-order chi connectivity index (χ1) is 9.51. The van der Waals surface area contributed by atoms with Crippen LogP contribution in [0.1, 0.15) is 15.9 Å². The van der Waals surface area contributed by atoms with Crippen molar-refractivity contribution in [3.63, 3.8) is 0 Å². The van der Waals surface area contributed by atoms with Crippen molar-refractivity contribution >= 4 is 50.7 Å². The van der Waals surface area contributed by atoms with Crippen LogP contribution in [0.3, 0.4) is 0 Å². The summed E-state index contributed by atoms with van der Waals surface area (Å²) < 4.78 is 0.611. The number of carbonyl (C=O) groups excluding carboxylic acids is 1. The average Bonchev–Trinajstić information content (AvgIpc) is 2.41. The number of halogens is 3. The van der Waals surface area contributed by atoms with Crippen LogP contribution in [0.2, 0.25) is 10.0 Å². The maximum absolute atomic E-state index is 12.2. The second-order valence-corrected chi connectivity index (χ2v) is 5.61. The molecule has 0 unspecified atom stereocenters. The summed E-state index contributed by atoms with van der Waals surface area (Å²) >= 11 is 15.0. The van der Waals surface area contributed by atoms with E-state index in [9.17, 15) is 4.79 Å². The van der Waals surface area contributed by atoms with Gasteiger partial charge in [0.25, 0.3) is 5.91 Å². The summed E-state index contributed by atoms with van der Waals surface area (Å²) in [6.07, 6.45) is 0. The zero-order valence-corrected chi connectivity index (χ0v) is 13.1. The molecular formula is C14H7BrCl2N2O. The summed E-state index contributed by atoms with van der Waals surface area (Å²) in [5.41, 5.74) is 1.07. The van der Waals surface area contributed by atoms with Gasteiger partial charge in [-0.1, -0.05) is 23.2 Å². The minimum absolute atomic E-state index is 0.334. The van der Waals surface area contributed by atoms with Gasteiger partial charge in [0.05, 0.1) is 16.8 Å². The molecule has 0 aromatic heterocycles. The molecule has 1 N–H and O–H groups in total. The second kappa shape index (κ2) is 6.27. The number of rotatable bonds is 2. The number of anilines is 1. The van der Waals surface area contributed by atoms with E-state index in [4.69, 9.17) is 28.5 Å². The van der Waals surface area contributed by atoms with Crippen molar-refractivity contribution in [1.82, 2.24) is 0 Å². The van der Waals surface area contributed by atoms with Gasteiger partial charge < -0.3 is 5.32 Å². The maximum atomic E-state index is 12.2. The zero-order valence-electron chi connectivity index (χ0n) is 9.95. The van der Waals surface area contributed by atoms with E-state index >= 15 is 0 Å². The minimum Gasteiger partial charge on any atom is -0.321 e. The molecule has 1 amide bonds. The van der Waals surface area contributed by atoms with Crippen LogP contribution in [-0.2, 0) is 0 Å². The molecular weight excluding hydrogens is 363 g/mol. The lowest BCUT2D eigenvalue weighted by Crippen LogP contribution is -2.13. The number of carbonyl (C=O) groups is 1. The lowest BCUT2D eigenvalue weighted by molar-refractivity contribution is 0.102. The predicted octanol–water partition coefficient (Wildman–Crippen LogP) is 4.88. The van der Waals surface area contributed by atoms with Crippen molar-refractivity contribution in [3.8, 4) is 6.07 Å². The molecule has 0 aliphatic rings. The van der Waals surface area contributed by atoms with E-state index in [-0.39, 0.29) is 5.91 Å². The highest BCUT2D eigenvalue weighted by atomic mass is 79.9. The Hall–Kier alpha value is -1.54. The summed E-state index contributed by atoms with van der Waals surface area (Å²) in [7, 11) is 0. The Labute approximate surface area is 134 Å². The van der Waals surface area contributed by atoms with Gasteiger partial charge in [0.2, 0.25) is 0 Å². The summed E-state index contributed by atoms with van der Waals surface area (Å²) in [6.45, 7) is 0. The van der Waals surface area contributed by atoms with Crippen LogP contribution in [0.4, 0.5) is 5.69 Å². The first-order valence-electron chi connectivity index (χ1n) is 5.47. The van der Waals surface area contributed by atoms with Crippen molar-refractivity contribution < 1.29 is 4.79 Å². The summed E-state index contributed by atoms with van der Waals surface area (Å²) in [4.78, 5) is 12.2. The SMILES string of the molecule is N#Cc1ccc(Cl)cc1NC(=O)c1cc(Cl)ccc1Br. The average molecular weight is 370 g/mol. The molecule has 0 atom stereocenters. The van der Waals surface area contributed by atoms with Crippen LogP contribution in [0.25, 0.3) is 0 Å². The molecule has 3 nitrogen and oxygen atoms in total. The van der Waals surface area contributed by atoms with E-state index in [0.717, 1.165) is 0 Å². The van der Waals surface area contributed by atoms with Crippen molar-refractivity contribution in [3.05, 3.63) is 62.0 Å². The summed E-state index contributed by atoms with van der Waals surface area (Å²) in [5.74, 6) is -0.377. The van der Waals surface area contributed by atoms with Crippen LogP contribution >= 0.6 is 39.1 Å². The molecule has 0 bridgehead atoms. The van der Waals surface area contributed by atoms with E-state index in [1.807, 2.05) is 6.07 Å². The Morgan fingerprint density at radius 3 is 2.50 bits per heavy atom. The number of amides is 1. The highest BCUT2D eigenvalue weighted by Gasteiger charge is 2.13. The maximum Gasteiger partial charge on any atom is 0.256 e. The number of benzene rings is 2. The van der Waals surface area contributed by atoms with Gasteiger partial charge >= 0.3 is 0 Å². The Morgan fingerprint density at radius 2 is 1.80 bits per heavy atom. The Morgan fingerprint density at radius 1 is 1.15 bits per heavy atom. The molecule has 0 radical (unpaired) electrons. The van der Waals surface area contributed by atoms with Gasteiger partial charge in [-0.25, -0.2) is 0 Å². The smallest absolute Gasteiger partial charge is 0.256 e. The van der Waals surface area contributed by atoms with E-state index < -0.39 is 0 Å². The summed E-state index contributed by atoms with van der Waals surface area (Å²) in [5, 5.41) is 12.6. The highest BCUT2D eigenvalue weighted by molar-refractivity contribution is 9.10. The van der Waals surface area contributed by atoms with Crippen LogP contribution in [-0.4, -0.2) is 5.91 Å². The third kappa shape index (κ3) is 3.31. The quantitative estimate of drug-likeness (QED) is 0.820. The van der Waals surface area contributed by atoms with Crippen molar-refractivity contribution in [1.29, 1.82) is 5.26 Å². The molecule has 2 aromatic carbocycles. The molecule has 0 heterocycles. The monoisotopic (exact) mass is 368 g/mol. The van der Waals surface area contributed by atoms with E-state index in [1.54, 1.807) is 24.3 Å². The van der Waals surface area contributed by atoms with Crippen LogP contribution in [0.5, 0.6) is 0 Å². The van der Waals surface area contributed by atoms with Gasteiger partial charge in [-0.3, -0.25) is 4.79 Å². The van der Waals surface area contributed by atoms with Crippen molar-refractivity contribution in [2.45, 2.75) is 0 Å². The fraction of sp³-hybridized carbons (Fsp3) is 0. The lowest BCUT2D eigenvalue weighted by atomic mass is 10.1. The van der Waals surface area contributed by atoms with E-state index in [0.29, 0.717) is 31.3 Å². The molecule has 100 valence electrons. The van der Waals surface area contributed by atoms with E-state index in [2.05, 4.69) is 21.2 Å². The normalized spacial score (nSPS) is 9.90. The largest absolute Gasteiger partial charge is 0.321 e. The molecule has 0 saturated carbocycles. The standard InChI is InChI=1S/C14H7BrCl2N2O/c15-12-4-3-9(16)5-11(12)14(20)19-13-6-10(17)2-1-8(13)7-18/h1-6H,(H,19,20). The van der Waals surface area contributed by atoms with Crippen molar-refractivity contribution in [2.24, 2.45) is 0 Å².